The van der Waals surface area contributed by atoms with Crippen molar-refractivity contribution in [3.63, 3.8) is 0 Å². The van der Waals surface area contributed by atoms with E-state index >= 15 is 0 Å². The second-order valence-electron chi connectivity index (χ2n) is 3.85. The Bertz CT molecular complexity index is 586. The number of methoxy groups -OCH3 is 2. The fourth-order valence-corrected chi connectivity index (χ4v) is 1.98. The molecule has 0 unspecified atom stereocenters. The predicted octanol–water partition coefficient (Wildman–Crippen LogP) is 3.41. The summed E-state index contributed by atoms with van der Waals surface area (Å²) in [6.07, 6.45) is 1.39. The standard InChI is InChI=1S/C13H13Cl2N3O2/c1-19-12-9(13(20-2)18-7-17-12)6-16-8-3-4-10(14)11(15)5-8/h3-5,7,16H,6H2,1-2H3. The number of rotatable bonds is 5. The van der Waals surface area contributed by atoms with E-state index in [2.05, 4.69) is 15.3 Å². The smallest absolute Gasteiger partial charge is 0.225 e. The lowest BCUT2D eigenvalue weighted by Gasteiger charge is -2.12. The Labute approximate surface area is 126 Å². The van der Waals surface area contributed by atoms with Gasteiger partial charge in [-0.2, -0.15) is 0 Å². The Morgan fingerprint density at radius 1 is 1.05 bits per heavy atom. The lowest BCUT2D eigenvalue weighted by Crippen LogP contribution is -2.06. The van der Waals surface area contributed by atoms with Gasteiger partial charge in [0.05, 0.1) is 36.4 Å². The van der Waals surface area contributed by atoms with E-state index in [9.17, 15) is 0 Å². The molecule has 5 nitrogen and oxygen atoms in total. The van der Waals surface area contributed by atoms with Gasteiger partial charge in [0.1, 0.15) is 6.33 Å². The molecule has 0 amide bonds. The molecule has 0 spiro atoms. The van der Waals surface area contributed by atoms with Crippen molar-refractivity contribution in [3.8, 4) is 11.8 Å². The SMILES string of the molecule is COc1ncnc(OC)c1CNc1ccc(Cl)c(Cl)c1. The number of hydrogen-bond acceptors (Lipinski definition) is 5. The molecule has 0 fully saturated rings. The van der Waals surface area contributed by atoms with Gasteiger partial charge >= 0.3 is 0 Å². The normalized spacial score (nSPS) is 10.2. The third-order valence-electron chi connectivity index (χ3n) is 2.64. The summed E-state index contributed by atoms with van der Waals surface area (Å²) in [5, 5.41) is 4.19. The number of benzene rings is 1. The van der Waals surface area contributed by atoms with Gasteiger partial charge in [-0.1, -0.05) is 23.2 Å². The number of halogens is 2. The molecule has 2 rings (SSSR count). The van der Waals surface area contributed by atoms with E-state index in [-0.39, 0.29) is 0 Å². The van der Waals surface area contributed by atoms with E-state index < -0.39 is 0 Å². The van der Waals surface area contributed by atoms with Crippen LogP contribution >= 0.6 is 23.2 Å². The van der Waals surface area contributed by atoms with Crippen molar-refractivity contribution in [1.29, 1.82) is 0 Å². The fourth-order valence-electron chi connectivity index (χ4n) is 1.68. The maximum absolute atomic E-state index is 5.97. The molecule has 1 aromatic heterocycles. The van der Waals surface area contributed by atoms with E-state index in [0.29, 0.717) is 28.3 Å². The van der Waals surface area contributed by atoms with Crippen molar-refractivity contribution in [2.45, 2.75) is 6.54 Å². The summed E-state index contributed by atoms with van der Waals surface area (Å²) < 4.78 is 10.4. The number of aromatic nitrogens is 2. The second-order valence-corrected chi connectivity index (χ2v) is 4.67. The third-order valence-corrected chi connectivity index (χ3v) is 3.38. The molecular weight excluding hydrogens is 301 g/mol. The Kier molecular flexibility index (Phi) is 4.87. The quantitative estimate of drug-likeness (QED) is 0.916. The summed E-state index contributed by atoms with van der Waals surface area (Å²) in [5.74, 6) is 0.925. The molecule has 0 bridgehead atoms. The van der Waals surface area contributed by atoms with Crippen LogP contribution in [0.5, 0.6) is 11.8 Å². The topological polar surface area (TPSA) is 56.3 Å². The van der Waals surface area contributed by atoms with Gasteiger partial charge < -0.3 is 14.8 Å². The molecule has 106 valence electrons. The number of hydrogen-bond donors (Lipinski definition) is 1. The first-order valence-corrected chi connectivity index (χ1v) is 6.52. The summed E-state index contributed by atoms with van der Waals surface area (Å²) in [6.45, 7) is 0.436. The molecule has 1 heterocycles. The van der Waals surface area contributed by atoms with Crippen LogP contribution in [-0.4, -0.2) is 24.2 Å². The maximum Gasteiger partial charge on any atom is 0.225 e. The molecule has 0 aliphatic heterocycles. The molecule has 0 aliphatic rings. The number of nitrogens with one attached hydrogen (secondary N) is 1. The fraction of sp³-hybridized carbons (Fsp3) is 0.231. The molecule has 2 aromatic rings. The summed E-state index contributed by atoms with van der Waals surface area (Å²) in [5.41, 5.74) is 1.55. The van der Waals surface area contributed by atoms with E-state index in [4.69, 9.17) is 32.7 Å². The minimum Gasteiger partial charge on any atom is -0.481 e. The van der Waals surface area contributed by atoms with E-state index in [1.165, 1.54) is 6.33 Å². The van der Waals surface area contributed by atoms with Gasteiger partial charge in [0, 0.05) is 5.69 Å². The van der Waals surface area contributed by atoms with Gasteiger partial charge in [0.25, 0.3) is 0 Å². The predicted molar refractivity (Wildman–Crippen MR) is 78.9 cm³/mol. The summed E-state index contributed by atoms with van der Waals surface area (Å²) in [6, 6.07) is 5.30. The Balaban J connectivity index is 2.19. The first-order valence-electron chi connectivity index (χ1n) is 5.76. The highest BCUT2D eigenvalue weighted by Crippen LogP contribution is 2.27. The van der Waals surface area contributed by atoms with Gasteiger partial charge in [0.2, 0.25) is 11.8 Å². The van der Waals surface area contributed by atoms with Crippen LogP contribution in [0.2, 0.25) is 10.0 Å². The molecule has 20 heavy (non-hydrogen) atoms. The van der Waals surface area contributed by atoms with Crippen molar-refractivity contribution < 1.29 is 9.47 Å². The first-order chi connectivity index (χ1) is 9.65. The summed E-state index contributed by atoms with van der Waals surface area (Å²) in [4.78, 5) is 8.10. The summed E-state index contributed by atoms with van der Waals surface area (Å²) >= 11 is 11.8. The molecule has 0 atom stereocenters. The van der Waals surface area contributed by atoms with Crippen LogP contribution in [0.4, 0.5) is 5.69 Å². The average Bonchev–Trinajstić information content (AvgIpc) is 2.48. The highest BCUT2D eigenvalue weighted by atomic mass is 35.5. The zero-order chi connectivity index (χ0) is 14.5. The summed E-state index contributed by atoms with van der Waals surface area (Å²) in [7, 11) is 3.09. The molecule has 1 N–H and O–H groups in total. The lowest BCUT2D eigenvalue weighted by atomic mass is 10.2. The van der Waals surface area contributed by atoms with Crippen molar-refractivity contribution in [1.82, 2.24) is 9.97 Å². The van der Waals surface area contributed by atoms with E-state index in [1.54, 1.807) is 26.4 Å². The average molecular weight is 314 g/mol. The van der Waals surface area contributed by atoms with Gasteiger partial charge in [-0.25, -0.2) is 9.97 Å². The van der Waals surface area contributed by atoms with Crippen LogP contribution in [0.3, 0.4) is 0 Å². The highest BCUT2D eigenvalue weighted by Gasteiger charge is 2.12. The largest absolute Gasteiger partial charge is 0.481 e. The van der Waals surface area contributed by atoms with Gasteiger partial charge in [-0.05, 0) is 18.2 Å². The minimum atomic E-state index is 0.436. The molecule has 0 saturated heterocycles. The number of anilines is 1. The Hall–Kier alpha value is -1.72. The highest BCUT2D eigenvalue weighted by molar-refractivity contribution is 6.42. The van der Waals surface area contributed by atoms with E-state index in [0.717, 1.165) is 11.3 Å². The van der Waals surface area contributed by atoms with Crippen molar-refractivity contribution >= 4 is 28.9 Å². The van der Waals surface area contributed by atoms with Crippen molar-refractivity contribution in [3.05, 3.63) is 40.1 Å². The first kappa shape index (κ1) is 14.7. The zero-order valence-corrected chi connectivity index (χ0v) is 12.5. The van der Waals surface area contributed by atoms with Crippen LogP contribution in [0, 0.1) is 0 Å². The van der Waals surface area contributed by atoms with Gasteiger partial charge in [-0.3, -0.25) is 0 Å². The minimum absolute atomic E-state index is 0.436. The number of nitrogens with zero attached hydrogens (tertiary/aromatic N) is 2. The molecular formula is C13H13Cl2N3O2. The van der Waals surface area contributed by atoms with Gasteiger partial charge in [0.15, 0.2) is 0 Å². The number of ether oxygens (including phenoxy) is 2. The molecule has 0 saturated carbocycles. The lowest BCUT2D eigenvalue weighted by molar-refractivity contribution is 0.363. The second kappa shape index (κ2) is 6.63. The molecule has 0 aliphatic carbocycles. The monoisotopic (exact) mass is 313 g/mol. The van der Waals surface area contributed by atoms with E-state index in [1.807, 2.05) is 6.07 Å². The van der Waals surface area contributed by atoms with Crippen LogP contribution in [-0.2, 0) is 6.54 Å². The zero-order valence-electron chi connectivity index (χ0n) is 11.0. The Morgan fingerprint density at radius 2 is 1.70 bits per heavy atom. The van der Waals surface area contributed by atoms with Crippen LogP contribution in [0.25, 0.3) is 0 Å². The maximum atomic E-state index is 5.97. The third kappa shape index (κ3) is 3.23. The van der Waals surface area contributed by atoms with Crippen LogP contribution < -0.4 is 14.8 Å². The van der Waals surface area contributed by atoms with Crippen LogP contribution in [0.15, 0.2) is 24.5 Å². The molecule has 1 aromatic carbocycles. The van der Waals surface area contributed by atoms with Crippen molar-refractivity contribution in [2.24, 2.45) is 0 Å². The molecule has 7 heteroatoms. The Morgan fingerprint density at radius 3 is 2.25 bits per heavy atom. The van der Waals surface area contributed by atoms with Gasteiger partial charge in [-0.15, -0.1) is 0 Å². The molecule has 0 radical (unpaired) electrons. The van der Waals surface area contributed by atoms with Crippen LogP contribution in [0.1, 0.15) is 5.56 Å². The van der Waals surface area contributed by atoms with Crippen molar-refractivity contribution in [2.75, 3.05) is 19.5 Å².